The molecule has 1 heterocycles. The van der Waals surface area contributed by atoms with Crippen molar-refractivity contribution >= 4 is 16.0 Å². The molecule has 128 valence electrons. The lowest BCUT2D eigenvalue weighted by Gasteiger charge is -2.35. The van der Waals surface area contributed by atoms with E-state index < -0.39 is 22.5 Å². The van der Waals surface area contributed by atoms with Gasteiger partial charge in [-0.2, -0.15) is 4.72 Å². The van der Waals surface area contributed by atoms with Crippen LogP contribution in [-0.2, 0) is 21.2 Å². The van der Waals surface area contributed by atoms with Crippen LogP contribution < -0.4 is 9.46 Å². The monoisotopic (exact) mass is 341 g/mol. The normalized spacial score (nSPS) is 16.6. The number of fused-ring (bicyclic) bond motifs is 1. The van der Waals surface area contributed by atoms with E-state index in [9.17, 15) is 13.2 Å². The Kier molecular flexibility index (Phi) is 4.47. The van der Waals surface area contributed by atoms with Gasteiger partial charge in [0.05, 0.1) is 4.90 Å². The van der Waals surface area contributed by atoms with Crippen molar-refractivity contribution in [3.05, 3.63) is 22.3 Å². The van der Waals surface area contributed by atoms with Crippen LogP contribution in [0.2, 0.25) is 0 Å². The zero-order valence-corrected chi connectivity index (χ0v) is 14.9. The summed E-state index contributed by atoms with van der Waals surface area (Å²) in [6.45, 7) is 8.70. The minimum Gasteiger partial charge on any atom is -0.487 e. The highest BCUT2D eigenvalue weighted by Gasteiger charge is 2.33. The fourth-order valence-electron chi connectivity index (χ4n) is 2.98. The maximum Gasteiger partial charge on any atom is 0.318 e. The quantitative estimate of drug-likeness (QED) is 0.875. The topological polar surface area (TPSA) is 92.7 Å². The van der Waals surface area contributed by atoms with Gasteiger partial charge in [-0.05, 0) is 69.7 Å². The van der Waals surface area contributed by atoms with Gasteiger partial charge < -0.3 is 9.84 Å². The van der Waals surface area contributed by atoms with Gasteiger partial charge in [-0.1, -0.05) is 0 Å². The zero-order chi connectivity index (χ0) is 17.6. The number of rotatable bonds is 4. The van der Waals surface area contributed by atoms with Gasteiger partial charge >= 0.3 is 5.97 Å². The molecule has 0 amide bonds. The molecule has 0 bridgehead atoms. The molecule has 0 spiro atoms. The van der Waals surface area contributed by atoms with Gasteiger partial charge in [0.1, 0.15) is 17.9 Å². The third-order valence-electron chi connectivity index (χ3n) is 4.35. The molecule has 0 unspecified atom stereocenters. The first kappa shape index (κ1) is 17.7. The maximum absolute atomic E-state index is 12.5. The molecule has 0 aromatic heterocycles. The summed E-state index contributed by atoms with van der Waals surface area (Å²) in [4.78, 5) is 10.8. The second-order valence-electron chi connectivity index (χ2n) is 6.59. The molecule has 23 heavy (non-hydrogen) atoms. The average Bonchev–Trinajstić information content (AvgIpc) is 2.42. The molecule has 1 aromatic rings. The van der Waals surface area contributed by atoms with Gasteiger partial charge in [-0.25, -0.2) is 8.42 Å². The van der Waals surface area contributed by atoms with E-state index in [4.69, 9.17) is 9.84 Å². The Hall–Kier alpha value is -1.60. The van der Waals surface area contributed by atoms with Crippen molar-refractivity contribution in [2.45, 2.75) is 58.0 Å². The third kappa shape index (κ3) is 3.35. The molecule has 0 fully saturated rings. The van der Waals surface area contributed by atoms with Crippen molar-refractivity contribution in [1.82, 2.24) is 4.72 Å². The van der Waals surface area contributed by atoms with E-state index in [2.05, 4.69) is 4.72 Å². The maximum atomic E-state index is 12.5. The summed E-state index contributed by atoms with van der Waals surface area (Å²) in [6.07, 6.45) is 1.53. The molecule has 1 aliphatic rings. The Morgan fingerprint density at radius 3 is 2.39 bits per heavy atom. The van der Waals surface area contributed by atoms with E-state index in [-0.39, 0.29) is 10.5 Å². The summed E-state index contributed by atoms with van der Waals surface area (Å²) in [6, 6.07) is 0. The number of hydrogen-bond acceptors (Lipinski definition) is 4. The van der Waals surface area contributed by atoms with Crippen molar-refractivity contribution in [3.63, 3.8) is 0 Å². The van der Waals surface area contributed by atoms with E-state index in [0.29, 0.717) is 11.1 Å². The van der Waals surface area contributed by atoms with Crippen LogP contribution in [0.4, 0.5) is 0 Å². The van der Waals surface area contributed by atoms with E-state index in [0.717, 1.165) is 29.7 Å². The molecule has 6 nitrogen and oxygen atoms in total. The number of carboxylic acid groups (broad SMARTS) is 1. The van der Waals surface area contributed by atoms with Crippen molar-refractivity contribution in [1.29, 1.82) is 0 Å². The number of nitrogens with one attached hydrogen (secondary N) is 1. The van der Waals surface area contributed by atoms with Crippen LogP contribution in [0.25, 0.3) is 0 Å². The average molecular weight is 341 g/mol. The van der Waals surface area contributed by atoms with Crippen LogP contribution in [0.15, 0.2) is 4.90 Å². The van der Waals surface area contributed by atoms with Crippen LogP contribution in [0.3, 0.4) is 0 Å². The van der Waals surface area contributed by atoms with Gasteiger partial charge in [-0.15, -0.1) is 0 Å². The standard InChI is InChI=1S/C16H23NO5S/c1-9-10(2)15(23(20,21)17-8-13(18)19)11(3)12-6-7-16(4,5)22-14(9)12/h17H,6-8H2,1-5H3,(H,18,19). The van der Waals surface area contributed by atoms with Gasteiger partial charge in [-0.3, -0.25) is 4.79 Å². The molecule has 0 saturated carbocycles. The third-order valence-corrected chi connectivity index (χ3v) is 6.02. The highest BCUT2D eigenvalue weighted by atomic mass is 32.2. The molecule has 2 N–H and O–H groups in total. The number of benzene rings is 1. The Bertz CT molecular complexity index is 765. The Morgan fingerprint density at radius 1 is 1.22 bits per heavy atom. The van der Waals surface area contributed by atoms with Crippen LogP contribution in [0.5, 0.6) is 5.75 Å². The molecule has 0 aliphatic carbocycles. The lowest BCUT2D eigenvalue weighted by Crippen LogP contribution is -2.35. The van der Waals surface area contributed by atoms with Crippen molar-refractivity contribution in [2.24, 2.45) is 0 Å². The number of carboxylic acids is 1. The first-order chi connectivity index (χ1) is 10.5. The first-order valence-corrected chi connectivity index (χ1v) is 8.97. The second kappa shape index (κ2) is 5.79. The minimum absolute atomic E-state index is 0.165. The van der Waals surface area contributed by atoms with E-state index >= 15 is 0 Å². The summed E-state index contributed by atoms with van der Waals surface area (Å²) in [7, 11) is -3.89. The fourth-order valence-corrected chi connectivity index (χ4v) is 4.52. The summed E-state index contributed by atoms with van der Waals surface area (Å²) in [5.74, 6) is -0.461. The predicted molar refractivity (Wildman–Crippen MR) is 86.5 cm³/mol. The largest absolute Gasteiger partial charge is 0.487 e. The van der Waals surface area contributed by atoms with Gasteiger partial charge in [0.15, 0.2) is 0 Å². The van der Waals surface area contributed by atoms with Crippen molar-refractivity contribution < 1.29 is 23.1 Å². The summed E-state index contributed by atoms with van der Waals surface area (Å²) in [5.41, 5.74) is 2.63. The summed E-state index contributed by atoms with van der Waals surface area (Å²) < 4.78 is 33.3. The van der Waals surface area contributed by atoms with Crippen molar-refractivity contribution in [2.75, 3.05) is 6.54 Å². The first-order valence-electron chi connectivity index (χ1n) is 7.49. The van der Waals surface area contributed by atoms with E-state index in [1.165, 1.54) is 0 Å². The fraction of sp³-hybridized carbons (Fsp3) is 0.562. The molecular formula is C16H23NO5S. The highest BCUT2D eigenvalue weighted by Crippen LogP contribution is 2.41. The Balaban J connectivity index is 2.60. The lowest BCUT2D eigenvalue weighted by molar-refractivity contribution is -0.135. The van der Waals surface area contributed by atoms with Gasteiger partial charge in [0.2, 0.25) is 10.0 Å². The zero-order valence-electron chi connectivity index (χ0n) is 14.1. The Morgan fingerprint density at radius 2 is 1.83 bits per heavy atom. The second-order valence-corrected chi connectivity index (χ2v) is 8.30. The van der Waals surface area contributed by atoms with E-state index in [1.807, 2.05) is 20.8 Å². The molecule has 1 aromatic carbocycles. The van der Waals surface area contributed by atoms with Crippen LogP contribution in [-0.4, -0.2) is 31.6 Å². The lowest BCUT2D eigenvalue weighted by atomic mass is 9.88. The molecular weight excluding hydrogens is 318 g/mol. The predicted octanol–water partition coefficient (Wildman–Crippen LogP) is 2.08. The molecule has 0 radical (unpaired) electrons. The minimum atomic E-state index is -3.89. The number of carbonyl (C=O) groups is 1. The van der Waals surface area contributed by atoms with Crippen LogP contribution in [0.1, 0.15) is 42.5 Å². The highest BCUT2D eigenvalue weighted by molar-refractivity contribution is 7.89. The SMILES string of the molecule is Cc1c(C)c(S(=O)(=O)NCC(=O)O)c(C)c2c1OC(C)(C)CC2. The summed E-state index contributed by atoms with van der Waals surface area (Å²) >= 11 is 0. The number of sulfonamides is 1. The summed E-state index contributed by atoms with van der Waals surface area (Å²) in [5, 5.41) is 8.72. The van der Waals surface area contributed by atoms with Crippen LogP contribution in [0, 0.1) is 20.8 Å². The molecule has 1 aliphatic heterocycles. The van der Waals surface area contributed by atoms with Gasteiger partial charge in [0.25, 0.3) is 0 Å². The van der Waals surface area contributed by atoms with Crippen LogP contribution >= 0.6 is 0 Å². The smallest absolute Gasteiger partial charge is 0.318 e. The Labute approximate surface area is 136 Å². The molecule has 0 atom stereocenters. The number of hydrogen-bond donors (Lipinski definition) is 2. The number of ether oxygens (including phenoxy) is 1. The van der Waals surface area contributed by atoms with Gasteiger partial charge in [0, 0.05) is 0 Å². The van der Waals surface area contributed by atoms with Crippen molar-refractivity contribution in [3.8, 4) is 5.75 Å². The molecule has 7 heteroatoms. The molecule has 2 rings (SSSR count). The molecule has 0 saturated heterocycles. The van der Waals surface area contributed by atoms with E-state index in [1.54, 1.807) is 13.8 Å². The number of aliphatic carboxylic acids is 1.